The predicted molar refractivity (Wildman–Crippen MR) is 148 cm³/mol. The minimum absolute atomic E-state index is 0.0795. The molecule has 6 nitrogen and oxygen atoms in total. The zero-order valence-electron chi connectivity index (χ0n) is 21.9. The molecule has 3 aromatic carbocycles. The molecule has 0 aliphatic rings. The van der Waals surface area contributed by atoms with E-state index in [-0.39, 0.29) is 18.1 Å². The van der Waals surface area contributed by atoms with Crippen molar-refractivity contribution in [3.8, 4) is 11.4 Å². The number of rotatable bonds is 11. The van der Waals surface area contributed by atoms with Crippen molar-refractivity contribution in [2.75, 3.05) is 13.2 Å². The average molecular weight is 498 g/mol. The van der Waals surface area contributed by atoms with Crippen LogP contribution in [0.5, 0.6) is 5.75 Å². The number of unbranched alkanes of at least 4 members (excludes halogenated alkanes) is 2. The Hall–Kier alpha value is -3.93. The monoisotopic (exact) mass is 497 g/mol. The second-order valence-corrected chi connectivity index (χ2v) is 9.18. The highest BCUT2D eigenvalue weighted by atomic mass is 16.5. The molecule has 1 atom stereocenters. The summed E-state index contributed by atoms with van der Waals surface area (Å²) in [4.78, 5) is 34.2. The SMILES string of the molecule is CCCCCN(C(=O)COc1ccccc1)C(C)c1nc2ccccc2c(=O)n1-c1ccccc1CC. The second-order valence-electron chi connectivity index (χ2n) is 9.18. The molecule has 0 radical (unpaired) electrons. The maximum absolute atomic E-state index is 13.9. The zero-order chi connectivity index (χ0) is 26.2. The molecule has 192 valence electrons. The lowest BCUT2D eigenvalue weighted by molar-refractivity contribution is -0.135. The highest BCUT2D eigenvalue weighted by Gasteiger charge is 2.27. The van der Waals surface area contributed by atoms with Gasteiger partial charge in [0.25, 0.3) is 11.5 Å². The summed E-state index contributed by atoms with van der Waals surface area (Å²) in [7, 11) is 0. The van der Waals surface area contributed by atoms with Gasteiger partial charge in [0.1, 0.15) is 11.6 Å². The van der Waals surface area contributed by atoms with Gasteiger partial charge in [0, 0.05) is 6.54 Å². The van der Waals surface area contributed by atoms with Crippen molar-refractivity contribution in [1.29, 1.82) is 0 Å². The first-order valence-electron chi connectivity index (χ1n) is 13.1. The van der Waals surface area contributed by atoms with E-state index in [4.69, 9.17) is 9.72 Å². The van der Waals surface area contributed by atoms with Crippen LogP contribution >= 0.6 is 0 Å². The van der Waals surface area contributed by atoms with Crippen LogP contribution in [0.3, 0.4) is 0 Å². The predicted octanol–water partition coefficient (Wildman–Crippen LogP) is 6.11. The Bertz CT molecular complexity index is 1400. The first-order valence-corrected chi connectivity index (χ1v) is 13.1. The van der Waals surface area contributed by atoms with Crippen LogP contribution in [0.25, 0.3) is 16.6 Å². The highest BCUT2D eigenvalue weighted by molar-refractivity contribution is 5.79. The molecule has 1 aromatic heterocycles. The Morgan fingerprint density at radius 3 is 2.41 bits per heavy atom. The number of para-hydroxylation sites is 3. The summed E-state index contributed by atoms with van der Waals surface area (Å²) in [5, 5.41) is 0.556. The number of fused-ring (bicyclic) bond motifs is 1. The molecule has 0 fully saturated rings. The van der Waals surface area contributed by atoms with Gasteiger partial charge < -0.3 is 9.64 Å². The third kappa shape index (κ3) is 5.91. The van der Waals surface area contributed by atoms with Crippen LogP contribution in [-0.4, -0.2) is 33.5 Å². The van der Waals surface area contributed by atoms with Gasteiger partial charge in [-0.2, -0.15) is 0 Å². The minimum atomic E-state index is -0.439. The Balaban J connectivity index is 1.79. The Kier molecular flexibility index (Phi) is 8.72. The van der Waals surface area contributed by atoms with Gasteiger partial charge in [-0.15, -0.1) is 0 Å². The molecular weight excluding hydrogens is 462 g/mol. The van der Waals surface area contributed by atoms with Gasteiger partial charge in [-0.3, -0.25) is 14.2 Å². The molecular formula is C31H35N3O3. The summed E-state index contributed by atoms with van der Waals surface area (Å²) < 4.78 is 7.50. The number of carbonyl (C=O) groups is 1. The quantitative estimate of drug-likeness (QED) is 0.235. The molecule has 37 heavy (non-hydrogen) atoms. The van der Waals surface area contributed by atoms with Gasteiger partial charge >= 0.3 is 0 Å². The lowest BCUT2D eigenvalue weighted by atomic mass is 10.1. The lowest BCUT2D eigenvalue weighted by Gasteiger charge is -2.31. The molecule has 4 rings (SSSR count). The van der Waals surface area contributed by atoms with Gasteiger partial charge in [0.15, 0.2) is 6.61 Å². The summed E-state index contributed by atoms with van der Waals surface area (Å²) in [6.07, 6.45) is 3.68. The average Bonchev–Trinajstić information content (AvgIpc) is 2.94. The molecule has 0 spiro atoms. The van der Waals surface area contributed by atoms with Crippen LogP contribution in [0.15, 0.2) is 83.7 Å². The molecule has 0 aliphatic heterocycles. The van der Waals surface area contributed by atoms with E-state index in [9.17, 15) is 9.59 Å². The summed E-state index contributed by atoms with van der Waals surface area (Å²) in [6.45, 7) is 6.64. The molecule has 0 aliphatic carbocycles. The number of ether oxygens (including phenoxy) is 1. The van der Waals surface area contributed by atoms with Crippen molar-refractivity contribution in [3.05, 3.63) is 101 Å². The van der Waals surface area contributed by atoms with Crippen LogP contribution in [0.4, 0.5) is 0 Å². The summed E-state index contributed by atoms with van der Waals surface area (Å²) >= 11 is 0. The Morgan fingerprint density at radius 1 is 0.946 bits per heavy atom. The highest BCUT2D eigenvalue weighted by Crippen LogP contribution is 2.25. The largest absolute Gasteiger partial charge is 0.484 e. The van der Waals surface area contributed by atoms with Gasteiger partial charge in [0.05, 0.1) is 22.6 Å². The van der Waals surface area contributed by atoms with Gasteiger partial charge in [-0.1, -0.05) is 75.2 Å². The number of carbonyl (C=O) groups excluding carboxylic acids is 1. The number of nitrogens with zero attached hydrogens (tertiary/aromatic N) is 3. The van der Waals surface area contributed by atoms with Crippen molar-refractivity contribution in [2.24, 2.45) is 0 Å². The Morgan fingerprint density at radius 2 is 1.65 bits per heavy atom. The van der Waals surface area contributed by atoms with Gasteiger partial charge in [-0.05, 0) is 55.7 Å². The molecule has 1 amide bonds. The number of aryl methyl sites for hydroxylation is 1. The second kappa shape index (κ2) is 12.3. The van der Waals surface area contributed by atoms with E-state index in [1.807, 2.05) is 85.8 Å². The van der Waals surface area contributed by atoms with E-state index >= 15 is 0 Å². The van der Waals surface area contributed by atoms with E-state index in [2.05, 4.69) is 13.8 Å². The van der Waals surface area contributed by atoms with Crippen molar-refractivity contribution in [1.82, 2.24) is 14.5 Å². The van der Waals surface area contributed by atoms with E-state index in [1.165, 1.54) is 0 Å². The maximum atomic E-state index is 13.9. The summed E-state index contributed by atoms with van der Waals surface area (Å²) in [6, 6.07) is 24.2. The third-order valence-electron chi connectivity index (χ3n) is 6.68. The molecule has 1 heterocycles. The number of hydrogen-bond donors (Lipinski definition) is 0. The first-order chi connectivity index (χ1) is 18.0. The summed E-state index contributed by atoms with van der Waals surface area (Å²) in [5.41, 5.74) is 2.35. The molecule has 1 unspecified atom stereocenters. The van der Waals surface area contributed by atoms with E-state index in [1.54, 1.807) is 9.47 Å². The zero-order valence-corrected chi connectivity index (χ0v) is 21.9. The van der Waals surface area contributed by atoms with Gasteiger partial charge in [-0.25, -0.2) is 4.98 Å². The van der Waals surface area contributed by atoms with E-state index in [0.29, 0.717) is 29.0 Å². The van der Waals surface area contributed by atoms with Crippen molar-refractivity contribution >= 4 is 16.8 Å². The Labute approximate surface area is 218 Å². The van der Waals surface area contributed by atoms with Gasteiger partial charge in [0.2, 0.25) is 0 Å². The van der Waals surface area contributed by atoms with Crippen LogP contribution in [0.2, 0.25) is 0 Å². The maximum Gasteiger partial charge on any atom is 0.266 e. The van der Waals surface area contributed by atoms with Crippen molar-refractivity contribution in [3.63, 3.8) is 0 Å². The minimum Gasteiger partial charge on any atom is -0.484 e. The van der Waals surface area contributed by atoms with Crippen LogP contribution < -0.4 is 10.3 Å². The third-order valence-corrected chi connectivity index (χ3v) is 6.68. The fourth-order valence-electron chi connectivity index (χ4n) is 4.64. The smallest absolute Gasteiger partial charge is 0.266 e. The topological polar surface area (TPSA) is 64.4 Å². The molecule has 0 saturated heterocycles. The number of amides is 1. The number of hydrogen-bond acceptors (Lipinski definition) is 4. The molecule has 6 heteroatoms. The number of aromatic nitrogens is 2. The first kappa shape index (κ1) is 26.1. The normalized spacial score (nSPS) is 11.9. The van der Waals surface area contributed by atoms with Crippen LogP contribution in [-0.2, 0) is 11.2 Å². The van der Waals surface area contributed by atoms with E-state index in [0.717, 1.165) is 36.9 Å². The van der Waals surface area contributed by atoms with Crippen LogP contribution in [0, 0.1) is 0 Å². The molecule has 0 bridgehead atoms. The molecule has 0 saturated carbocycles. The van der Waals surface area contributed by atoms with Crippen LogP contribution in [0.1, 0.15) is 57.5 Å². The molecule has 0 N–H and O–H groups in total. The van der Waals surface area contributed by atoms with Crippen molar-refractivity contribution in [2.45, 2.75) is 52.5 Å². The number of benzene rings is 3. The standard InChI is InChI=1S/C31H35N3O3/c1-4-6-14-21-33(29(35)22-37-25-16-8-7-9-17-25)23(3)30-32-27-19-12-11-18-26(27)31(36)34(30)28-20-13-10-15-24(28)5-2/h7-13,15-20,23H,4-6,14,21-22H2,1-3H3. The van der Waals surface area contributed by atoms with E-state index < -0.39 is 6.04 Å². The fourth-order valence-corrected chi connectivity index (χ4v) is 4.64. The molecule has 4 aromatic rings. The fraction of sp³-hybridized carbons (Fsp3) is 0.323. The van der Waals surface area contributed by atoms with Crippen molar-refractivity contribution < 1.29 is 9.53 Å². The summed E-state index contributed by atoms with van der Waals surface area (Å²) in [5.74, 6) is 1.06. The lowest BCUT2D eigenvalue weighted by Crippen LogP contribution is -2.40.